The lowest BCUT2D eigenvalue weighted by atomic mass is 10.2. The minimum Gasteiger partial charge on any atom is -0.496 e. The standard InChI is InChI=1S/C14H21BrN2O2/c1-16-8-12-10-17(5-6-19-12)9-11-3-4-14(18-2)13(15)7-11/h3-4,7,12,16H,5-6,8-10H2,1-2H3. The van der Waals surface area contributed by atoms with Crippen molar-refractivity contribution in [2.24, 2.45) is 0 Å². The molecule has 1 atom stereocenters. The minimum absolute atomic E-state index is 0.292. The lowest BCUT2D eigenvalue weighted by Gasteiger charge is -2.32. The van der Waals surface area contributed by atoms with Crippen LogP contribution in [-0.2, 0) is 11.3 Å². The van der Waals surface area contributed by atoms with Crippen molar-refractivity contribution in [2.45, 2.75) is 12.6 Å². The van der Waals surface area contributed by atoms with Gasteiger partial charge in [-0.2, -0.15) is 0 Å². The Balaban J connectivity index is 1.94. The largest absolute Gasteiger partial charge is 0.496 e. The summed E-state index contributed by atoms with van der Waals surface area (Å²) in [4.78, 5) is 2.43. The number of benzene rings is 1. The molecule has 0 spiro atoms. The molecule has 2 rings (SSSR count). The molecule has 1 N–H and O–H groups in total. The summed E-state index contributed by atoms with van der Waals surface area (Å²) >= 11 is 3.53. The Kier molecular flexibility index (Phi) is 5.63. The molecule has 0 amide bonds. The summed E-state index contributed by atoms with van der Waals surface area (Å²) in [6, 6.07) is 6.25. The highest BCUT2D eigenvalue weighted by Crippen LogP contribution is 2.26. The number of morpholine rings is 1. The number of halogens is 1. The van der Waals surface area contributed by atoms with Crippen LogP contribution in [0.3, 0.4) is 0 Å². The summed E-state index contributed by atoms with van der Waals surface area (Å²) in [7, 11) is 3.65. The SMILES string of the molecule is CNCC1CN(Cc2ccc(OC)c(Br)c2)CCO1. The number of nitrogens with zero attached hydrogens (tertiary/aromatic N) is 1. The van der Waals surface area contributed by atoms with Gasteiger partial charge in [-0.05, 0) is 40.7 Å². The fraction of sp³-hybridized carbons (Fsp3) is 0.571. The molecule has 0 saturated carbocycles. The molecule has 1 unspecified atom stereocenters. The molecule has 19 heavy (non-hydrogen) atoms. The van der Waals surface area contributed by atoms with Crippen LogP contribution in [-0.4, -0.2) is 51.4 Å². The zero-order valence-corrected chi connectivity index (χ0v) is 13.1. The zero-order chi connectivity index (χ0) is 13.7. The summed E-state index contributed by atoms with van der Waals surface area (Å²) in [6.45, 7) is 4.63. The summed E-state index contributed by atoms with van der Waals surface area (Å²) in [5, 5.41) is 3.17. The molecule has 0 bridgehead atoms. The van der Waals surface area contributed by atoms with Crippen molar-refractivity contribution < 1.29 is 9.47 Å². The van der Waals surface area contributed by atoms with Crippen molar-refractivity contribution in [1.82, 2.24) is 10.2 Å². The van der Waals surface area contributed by atoms with Gasteiger partial charge in [-0.25, -0.2) is 0 Å². The maximum absolute atomic E-state index is 5.71. The Bertz CT molecular complexity index is 412. The van der Waals surface area contributed by atoms with Crippen molar-refractivity contribution in [3.63, 3.8) is 0 Å². The summed E-state index contributed by atoms with van der Waals surface area (Å²) in [6.07, 6.45) is 0.292. The Morgan fingerprint density at radius 2 is 2.37 bits per heavy atom. The Hall–Kier alpha value is -0.620. The third-order valence-corrected chi connectivity index (χ3v) is 3.90. The van der Waals surface area contributed by atoms with E-state index in [1.807, 2.05) is 13.1 Å². The molecule has 1 aromatic rings. The molecule has 1 aliphatic heterocycles. The molecule has 1 heterocycles. The van der Waals surface area contributed by atoms with Gasteiger partial charge in [-0.3, -0.25) is 4.90 Å². The van der Waals surface area contributed by atoms with Crippen LogP contribution < -0.4 is 10.1 Å². The van der Waals surface area contributed by atoms with E-state index >= 15 is 0 Å². The molecule has 0 aromatic heterocycles. The summed E-state index contributed by atoms with van der Waals surface area (Å²) < 4.78 is 12.0. The topological polar surface area (TPSA) is 33.7 Å². The third kappa shape index (κ3) is 4.18. The molecule has 0 radical (unpaired) electrons. The Labute approximate surface area is 123 Å². The van der Waals surface area contributed by atoms with Crippen molar-refractivity contribution in [3.05, 3.63) is 28.2 Å². The first-order chi connectivity index (χ1) is 9.22. The van der Waals surface area contributed by atoms with Crippen molar-refractivity contribution >= 4 is 15.9 Å². The highest BCUT2D eigenvalue weighted by Gasteiger charge is 2.19. The first-order valence-corrected chi connectivity index (χ1v) is 7.33. The van der Waals surface area contributed by atoms with Crippen LogP contribution in [0.5, 0.6) is 5.75 Å². The number of rotatable bonds is 5. The first kappa shape index (κ1) is 14.8. The van der Waals surface area contributed by atoms with E-state index in [0.717, 1.165) is 43.0 Å². The lowest BCUT2D eigenvalue weighted by molar-refractivity contribution is -0.0291. The lowest BCUT2D eigenvalue weighted by Crippen LogP contribution is -2.45. The van der Waals surface area contributed by atoms with Gasteiger partial charge in [0.05, 0.1) is 24.3 Å². The predicted octanol–water partition coefficient (Wildman–Crippen LogP) is 1.88. The van der Waals surface area contributed by atoms with E-state index < -0.39 is 0 Å². The van der Waals surface area contributed by atoms with Gasteiger partial charge >= 0.3 is 0 Å². The highest BCUT2D eigenvalue weighted by molar-refractivity contribution is 9.10. The maximum atomic E-state index is 5.71. The number of hydrogen-bond donors (Lipinski definition) is 1. The van der Waals surface area contributed by atoms with Gasteiger partial charge < -0.3 is 14.8 Å². The van der Waals surface area contributed by atoms with E-state index in [4.69, 9.17) is 9.47 Å². The van der Waals surface area contributed by atoms with E-state index in [-0.39, 0.29) is 0 Å². The Morgan fingerprint density at radius 3 is 3.05 bits per heavy atom. The smallest absolute Gasteiger partial charge is 0.133 e. The zero-order valence-electron chi connectivity index (χ0n) is 11.5. The molecule has 0 aliphatic carbocycles. The fourth-order valence-electron chi connectivity index (χ4n) is 2.34. The normalized spacial score (nSPS) is 20.5. The van der Waals surface area contributed by atoms with Crippen LogP contribution in [0.2, 0.25) is 0 Å². The van der Waals surface area contributed by atoms with Gasteiger partial charge in [0.1, 0.15) is 5.75 Å². The number of nitrogens with one attached hydrogen (secondary N) is 1. The summed E-state index contributed by atoms with van der Waals surface area (Å²) in [5.74, 6) is 0.874. The molecule has 5 heteroatoms. The molecule has 106 valence electrons. The predicted molar refractivity (Wildman–Crippen MR) is 79.6 cm³/mol. The fourth-order valence-corrected chi connectivity index (χ4v) is 2.93. The van der Waals surface area contributed by atoms with E-state index in [1.165, 1.54) is 5.56 Å². The van der Waals surface area contributed by atoms with Crippen LogP contribution in [0.15, 0.2) is 22.7 Å². The van der Waals surface area contributed by atoms with Gasteiger partial charge in [0.25, 0.3) is 0 Å². The number of ether oxygens (including phenoxy) is 2. The van der Waals surface area contributed by atoms with Gasteiger partial charge in [0, 0.05) is 26.2 Å². The average molecular weight is 329 g/mol. The van der Waals surface area contributed by atoms with Gasteiger partial charge in [-0.15, -0.1) is 0 Å². The molecule has 1 fully saturated rings. The third-order valence-electron chi connectivity index (χ3n) is 3.28. The monoisotopic (exact) mass is 328 g/mol. The van der Waals surface area contributed by atoms with Gasteiger partial charge in [-0.1, -0.05) is 6.07 Å². The second-order valence-electron chi connectivity index (χ2n) is 4.75. The molecule has 1 saturated heterocycles. The molecular formula is C14H21BrN2O2. The number of hydrogen-bond acceptors (Lipinski definition) is 4. The number of likely N-dealkylation sites (N-methyl/N-ethyl adjacent to an activating group) is 1. The van der Waals surface area contributed by atoms with Crippen LogP contribution in [0, 0.1) is 0 Å². The quantitative estimate of drug-likeness (QED) is 0.894. The second kappa shape index (κ2) is 7.24. The van der Waals surface area contributed by atoms with Crippen molar-refractivity contribution in [1.29, 1.82) is 0 Å². The van der Waals surface area contributed by atoms with E-state index in [2.05, 4.69) is 38.3 Å². The first-order valence-electron chi connectivity index (χ1n) is 6.54. The minimum atomic E-state index is 0.292. The van der Waals surface area contributed by atoms with Crippen LogP contribution in [0.1, 0.15) is 5.56 Å². The van der Waals surface area contributed by atoms with Crippen LogP contribution in [0.25, 0.3) is 0 Å². The maximum Gasteiger partial charge on any atom is 0.133 e. The second-order valence-corrected chi connectivity index (χ2v) is 5.61. The van der Waals surface area contributed by atoms with Crippen molar-refractivity contribution in [3.8, 4) is 5.75 Å². The molecule has 1 aliphatic rings. The number of methoxy groups -OCH3 is 1. The van der Waals surface area contributed by atoms with E-state index in [1.54, 1.807) is 7.11 Å². The average Bonchev–Trinajstić information content (AvgIpc) is 2.40. The van der Waals surface area contributed by atoms with E-state index in [0.29, 0.717) is 6.10 Å². The van der Waals surface area contributed by atoms with Gasteiger partial charge in [0.2, 0.25) is 0 Å². The van der Waals surface area contributed by atoms with Crippen LogP contribution in [0.4, 0.5) is 0 Å². The van der Waals surface area contributed by atoms with Gasteiger partial charge in [0.15, 0.2) is 0 Å². The van der Waals surface area contributed by atoms with E-state index in [9.17, 15) is 0 Å². The molecule has 1 aromatic carbocycles. The Morgan fingerprint density at radius 1 is 1.53 bits per heavy atom. The van der Waals surface area contributed by atoms with Crippen LogP contribution >= 0.6 is 15.9 Å². The molecular weight excluding hydrogens is 308 g/mol. The summed E-state index contributed by atoms with van der Waals surface area (Å²) in [5.41, 5.74) is 1.29. The molecule has 4 nitrogen and oxygen atoms in total. The van der Waals surface area contributed by atoms with Crippen molar-refractivity contribution in [2.75, 3.05) is 40.4 Å². The highest BCUT2D eigenvalue weighted by atomic mass is 79.9.